The van der Waals surface area contributed by atoms with Crippen LogP contribution in [0.5, 0.6) is 0 Å². The number of aryl methyl sites for hydroxylation is 2. The molecule has 0 saturated carbocycles. The normalized spacial score (nSPS) is 17.2. The van der Waals surface area contributed by atoms with E-state index in [0.717, 1.165) is 44.5 Å². The largest absolute Gasteiger partial charge is 0.340 e. The highest BCUT2D eigenvalue weighted by Crippen LogP contribution is 2.21. The van der Waals surface area contributed by atoms with Gasteiger partial charge in [0.2, 0.25) is 5.89 Å². The Hall–Kier alpha value is -2.37. The number of hydrogen-bond acceptors (Lipinski definition) is 4. The van der Waals surface area contributed by atoms with Gasteiger partial charge < -0.3 is 14.7 Å². The summed E-state index contributed by atoms with van der Waals surface area (Å²) in [6.07, 6.45) is 4.58. The second kappa shape index (κ2) is 7.95. The van der Waals surface area contributed by atoms with Gasteiger partial charge >= 0.3 is 6.03 Å². The minimum absolute atomic E-state index is 0.0396. The lowest BCUT2D eigenvalue weighted by Crippen LogP contribution is -2.43. The van der Waals surface area contributed by atoms with E-state index in [9.17, 15) is 4.79 Å². The summed E-state index contributed by atoms with van der Waals surface area (Å²) < 4.78 is 5.00. The monoisotopic (exact) mass is 328 g/mol. The van der Waals surface area contributed by atoms with Crippen LogP contribution in [0.2, 0.25) is 0 Å². The Bertz CT molecular complexity index is 656. The fraction of sp³-hybridized carbons (Fsp3) is 0.500. The minimum atomic E-state index is 0.0396. The Labute approximate surface area is 142 Å². The molecule has 6 heteroatoms. The first-order valence-corrected chi connectivity index (χ1v) is 8.60. The van der Waals surface area contributed by atoms with Crippen molar-refractivity contribution in [1.29, 1.82) is 0 Å². The highest BCUT2D eigenvalue weighted by molar-refractivity contribution is 5.74. The van der Waals surface area contributed by atoms with Crippen LogP contribution in [0, 0.1) is 6.92 Å². The molecule has 1 saturated heterocycles. The van der Waals surface area contributed by atoms with Crippen molar-refractivity contribution in [3.63, 3.8) is 0 Å². The number of carbonyl (C=O) groups excluding carboxylic acids is 1. The summed E-state index contributed by atoms with van der Waals surface area (Å²) in [6, 6.07) is 10.5. The summed E-state index contributed by atoms with van der Waals surface area (Å²) in [4.78, 5) is 18.6. The molecular weight excluding hydrogens is 304 g/mol. The number of hydrogen-bond donors (Lipinski definition) is 1. The molecule has 1 aromatic heterocycles. The van der Waals surface area contributed by atoms with Gasteiger partial charge in [0, 0.05) is 32.5 Å². The maximum Gasteiger partial charge on any atom is 0.317 e. The van der Waals surface area contributed by atoms with Crippen molar-refractivity contribution in [3.05, 3.63) is 47.6 Å². The number of carbonyl (C=O) groups is 1. The van der Waals surface area contributed by atoms with E-state index in [2.05, 4.69) is 27.6 Å². The lowest BCUT2D eigenvalue weighted by atomic mass is 10.1. The summed E-state index contributed by atoms with van der Waals surface area (Å²) in [6.45, 7) is 3.28. The molecule has 1 aliphatic heterocycles. The predicted octanol–water partition coefficient (Wildman–Crippen LogP) is 2.73. The molecule has 1 aliphatic rings. The van der Waals surface area contributed by atoms with E-state index in [1.165, 1.54) is 5.56 Å². The van der Waals surface area contributed by atoms with Crippen LogP contribution < -0.4 is 5.32 Å². The molecule has 1 N–H and O–H groups in total. The molecule has 0 aliphatic carbocycles. The van der Waals surface area contributed by atoms with Crippen LogP contribution in [0.25, 0.3) is 0 Å². The van der Waals surface area contributed by atoms with Crippen LogP contribution in [0.4, 0.5) is 4.79 Å². The van der Waals surface area contributed by atoms with Gasteiger partial charge in [-0.2, -0.15) is 4.98 Å². The van der Waals surface area contributed by atoms with Gasteiger partial charge in [-0.25, -0.2) is 4.79 Å². The van der Waals surface area contributed by atoms with Crippen molar-refractivity contribution in [3.8, 4) is 0 Å². The van der Waals surface area contributed by atoms with Gasteiger partial charge in [0.15, 0.2) is 5.82 Å². The molecule has 1 unspecified atom stereocenters. The number of amides is 2. The quantitative estimate of drug-likeness (QED) is 0.885. The molecule has 0 bridgehead atoms. The average molecular weight is 328 g/mol. The molecule has 0 radical (unpaired) electrons. The summed E-state index contributed by atoms with van der Waals surface area (Å²) in [5.74, 6) is 1.32. The van der Waals surface area contributed by atoms with Gasteiger partial charge in [0.1, 0.15) is 0 Å². The molecular formula is C18H24N4O2. The molecule has 128 valence electrons. The third-order valence-corrected chi connectivity index (χ3v) is 4.44. The number of aromatic nitrogens is 2. The SMILES string of the molecule is Cc1nc(CCC2CCCN2C(=O)NCCc2ccccc2)no1. The molecule has 1 fully saturated rings. The highest BCUT2D eigenvalue weighted by Gasteiger charge is 2.28. The van der Waals surface area contributed by atoms with Gasteiger partial charge in [0.05, 0.1) is 0 Å². The second-order valence-electron chi connectivity index (χ2n) is 6.23. The topological polar surface area (TPSA) is 71.3 Å². The first-order chi connectivity index (χ1) is 11.7. The summed E-state index contributed by atoms with van der Waals surface area (Å²) >= 11 is 0. The van der Waals surface area contributed by atoms with Crippen molar-refractivity contribution < 1.29 is 9.32 Å². The molecule has 0 spiro atoms. The Kier molecular flexibility index (Phi) is 5.46. The number of nitrogens with zero attached hydrogens (tertiary/aromatic N) is 3. The third-order valence-electron chi connectivity index (χ3n) is 4.44. The van der Waals surface area contributed by atoms with E-state index < -0.39 is 0 Å². The Morgan fingerprint density at radius 3 is 2.92 bits per heavy atom. The zero-order valence-corrected chi connectivity index (χ0v) is 14.1. The van der Waals surface area contributed by atoms with E-state index in [0.29, 0.717) is 12.4 Å². The standard InChI is InChI=1S/C18H24N4O2/c1-14-20-17(21-24-14)10-9-16-8-5-13-22(16)18(23)19-12-11-15-6-3-2-4-7-15/h2-4,6-7,16H,5,8-13H2,1H3,(H,19,23). The van der Waals surface area contributed by atoms with Crippen molar-refractivity contribution in [2.75, 3.05) is 13.1 Å². The number of urea groups is 1. The molecule has 1 atom stereocenters. The fourth-order valence-corrected chi connectivity index (χ4v) is 3.20. The van der Waals surface area contributed by atoms with Crippen LogP contribution in [-0.4, -0.2) is 40.2 Å². The van der Waals surface area contributed by atoms with Gasteiger partial charge in [-0.15, -0.1) is 0 Å². The first kappa shape index (κ1) is 16.5. The van der Waals surface area contributed by atoms with Gasteiger partial charge in [-0.3, -0.25) is 0 Å². The molecule has 6 nitrogen and oxygen atoms in total. The minimum Gasteiger partial charge on any atom is -0.340 e. The maximum absolute atomic E-state index is 12.4. The third kappa shape index (κ3) is 4.34. The molecule has 3 rings (SSSR count). The number of nitrogens with one attached hydrogen (secondary N) is 1. The smallest absolute Gasteiger partial charge is 0.317 e. The van der Waals surface area contributed by atoms with Gasteiger partial charge in [0.25, 0.3) is 0 Å². The van der Waals surface area contributed by atoms with Gasteiger partial charge in [-0.05, 0) is 31.2 Å². The van der Waals surface area contributed by atoms with Crippen molar-refractivity contribution in [2.24, 2.45) is 0 Å². The van der Waals surface area contributed by atoms with E-state index in [1.54, 1.807) is 6.92 Å². The zero-order chi connectivity index (χ0) is 16.8. The van der Waals surface area contributed by atoms with Crippen molar-refractivity contribution in [2.45, 2.75) is 45.1 Å². The maximum atomic E-state index is 12.4. The number of benzene rings is 1. The van der Waals surface area contributed by atoms with Crippen LogP contribution in [-0.2, 0) is 12.8 Å². The van der Waals surface area contributed by atoms with Crippen LogP contribution >= 0.6 is 0 Å². The summed E-state index contributed by atoms with van der Waals surface area (Å²) in [7, 11) is 0. The Balaban J connectivity index is 1.44. The van der Waals surface area contributed by atoms with Gasteiger partial charge in [-0.1, -0.05) is 35.5 Å². The molecule has 1 aromatic carbocycles. The van der Waals surface area contributed by atoms with Crippen LogP contribution in [0.1, 0.15) is 36.5 Å². The lowest BCUT2D eigenvalue weighted by Gasteiger charge is -2.24. The van der Waals surface area contributed by atoms with E-state index in [1.807, 2.05) is 23.1 Å². The Morgan fingerprint density at radius 2 is 2.17 bits per heavy atom. The van der Waals surface area contributed by atoms with Crippen molar-refractivity contribution in [1.82, 2.24) is 20.4 Å². The van der Waals surface area contributed by atoms with E-state index >= 15 is 0 Å². The van der Waals surface area contributed by atoms with E-state index in [4.69, 9.17) is 4.52 Å². The summed E-state index contributed by atoms with van der Waals surface area (Å²) in [5, 5.41) is 6.97. The average Bonchev–Trinajstić information content (AvgIpc) is 3.22. The van der Waals surface area contributed by atoms with Crippen molar-refractivity contribution >= 4 is 6.03 Å². The van der Waals surface area contributed by atoms with Crippen LogP contribution in [0.15, 0.2) is 34.9 Å². The molecule has 24 heavy (non-hydrogen) atoms. The number of likely N-dealkylation sites (tertiary alicyclic amines) is 1. The highest BCUT2D eigenvalue weighted by atomic mass is 16.5. The fourth-order valence-electron chi connectivity index (χ4n) is 3.20. The second-order valence-corrected chi connectivity index (χ2v) is 6.23. The molecule has 2 amide bonds. The number of rotatable bonds is 6. The molecule has 2 aromatic rings. The lowest BCUT2D eigenvalue weighted by molar-refractivity contribution is 0.190. The molecule has 2 heterocycles. The first-order valence-electron chi connectivity index (χ1n) is 8.60. The van der Waals surface area contributed by atoms with E-state index in [-0.39, 0.29) is 12.1 Å². The van der Waals surface area contributed by atoms with Crippen LogP contribution in [0.3, 0.4) is 0 Å². The predicted molar refractivity (Wildman–Crippen MR) is 90.6 cm³/mol. The Morgan fingerprint density at radius 1 is 1.33 bits per heavy atom. The zero-order valence-electron chi connectivity index (χ0n) is 14.1. The summed E-state index contributed by atoms with van der Waals surface area (Å²) in [5.41, 5.74) is 1.24.